The number of hydrogen-bond acceptors (Lipinski definition) is 5. The normalized spacial score (nSPS) is 20.2. The van der Waals surface area contributed by atoms with Crippen molar-refractivity contribution in [2.75, 3.05) is 0 Å². The molecule has 1 atom stereocenters. The van der Waals surface area contributed by atoms with Crippen molar-refractivity contribution in [3.05, 3.63) is 46.0 Å². The predicted octanol–water partition coefficient (Wildman–Crippen LogP) is 3.62. The molecule has 0 aromatic carbocycles. The SMILES string of the molecule is CCC(=O)C1=C(O)C(O)(C(=O)CC=C(C)C)C(CC=C(C)C)=C1O. The summed E-state index contributed by atoms with van der Waals surface area (Å²) in [4.78, 5) is 24.6. The molecule has 0 amide bonds. The van der Waals surface area contributed by atoms with Gasteiger partial charge < -0.3 is 15.3 Å². The van der Waals surface area contributed by atoms with E-state index in [0.29, 0.717) is 0 Å². The summed E-state index contributed by atoms with van der Waals surface area (Å²) in [5, 5.41) is 31.7. The van der Waals surface area contributed by atoms with Crippen molar-refractivity contribution in [2.45, 2.75) is 59.5 Å². The van der Waals surface area contributed by atoms with Gasteiger partial charge in [-0.1, -0.05) is 30.2 Å². The molecule has 1 aliphatic carbocycles. The standard InChI is InChI=1S/C19H26O5/c1-6-14(20)16-17(22)13(9-7-11(2)3)19(24,18(16)23)15(21)10-8-12(4)5/h7-8,22-24H,6,9-10H2,1-5H3. The van der Waals surface area contributed by atoms with Gasteiger partial charge in [0.1, 0.15) is 11.3 Å². The third-order valence-electron chi connectivity index (χ3n) is 3.95. The summed E-state index contributed by atoms with van der Waals surface area (Å²) in [5.41, 5.74) is -0.961. The van der Waals surface area contributed by atoms with Gasteiger partial charge in [-0.15, -0.1) is 0 Å². The molecular formula is C19H26O5. The van der Waals surface area contributed by atoms with Crippen molar-refractivity contribution < 1.29 is 24.9 Å². The number of carbonyl (C=O) groups is 2. The van der Waals surface area contributed by atoms with Crippen LogP contribution >= 0.6 is 0 Å². The Labute approximate surface area is 142 Å². The molecule has 0 aromatic rings. The van der Waals surface area contributed by atoms with Gasteiger partial charge >= 0.3 is 0 Å². The molecule has 0 spiro atoms. The molecule has 0 heterocycles. The van der Waals surface area contributed by atoms with E-state index in [-0.39, 0.29) is 30.4 Å². The van der Waals surface area contributed by atoms with Gasteiger partial charge in [0.25, 0.3) is 0 Å². The van der Waals surface area contributed by atoms with Gasteiger partial charge in [-0.2, -0.15) is 0 Å². The number of aliphatic hydroxyl groups excluding tert-OH is 2. The first-order chi connectivity index (χ1) is 11.1. The molecule has 132 valence electrons. The average molecular weight is 334 g/mol. The zero-order chi connectivity index (χ0) is 18.7. The molecule has 0 fully saturated rings. The Hall–Kier alpha value is -2.14. The van der Waals surface area contributed by atoms with Gasteiger partial charge in [-0.05, 0) is 34.1 Å². The van der Waals surface area contributed by atoms with Crippen molar-refractivity contribution in [1.82, 2.24) is 0 Å². The highest BCUT2D eigenvalue weighted by atomic mass is 16.4. The second-order valence-electron chi connectivity index (χ2n) is 6.43. The van der Waals surface area contributed by atoms with Crippen LogP contribution in [0.3, 0.4) is 0 Å². The fourth-order valence-corrected chi connectivity index (χ4v) is 2.49. The second kappa shape index (κ2) is 7.62. The topological polar surface area (TPSA) is 94.8 Å². The summed E-state index contributed by atoms with van der Waals surface area (Å²) in [5.74, 6) is -2.46. The minimum absolute atomic E-state index is 0.0393. The van der Waals surface area contributed by atoms with Gasteiger partial charge in [-0.25, -0.2) is 0 Å². The molecular weight excluding hydrogens is 308 g/mol. The molecule has 5 nitrogen and oxygen atoms in total. The van der Waals surface area contributed by atoms with E-state index < -0.39 is 28.7 Å². The maximum Gasteiger partial charge on any atom is 0.207 e. The van der Waals surface area contributed by atoms with E-state index in [4.69, 9.17) is 0 Å². The van der Waals surface area contributed by atoms with E-state index in [2.05, 4.69) is 0 Å². The summed E-state index contributed by atoms with van der Waals surface area (Å²) >= 11 is 0. The Morgan fingerprint density at radius 2 is 1.58 bits per heavy atom. The molecule has 0 saturated carbocycles. The van der Waals surface area contributed by atoms with Crippen molar-refractivity contribution in [3.8, 4) is 0 Å². The van der Waals surface area contributed by atoms with Crippen molar-refractivity contribution in [3.63, 3.8) is 0 Å². The molecule has 1 unspecified atom stereocenters. The van der Waals surface area contributed by atoms with E-state index in [1.807, 2.05) is 27.7 Å². The van der Waals surface area contributed by atoms with Gasteiger partial charge in [0.2, 0.25) is 5.60 Å². The quantitative estimate of drug-likeness (QED) is 0.618. The number of rotatable bonds is 7. The lowest BCUT2D eigenvalue weighted by Gasteiger charge is -2.24. The van der Waals surface area contributed by atoms with Crippen LogP contribution in [-0.2, 0) is 9.59 Å². The zero-order valence-corrected chi connectivity index (χ0v) is 14.9. The van der Waals surface area contributed by atoms with Gasteiger partial charge in [0, 0.05) is 18.4 Å². The lowest BCUT2D eigenvalue weighted by atomic mass is 9.86. The highest BCUT2D eigenvalue weighted by Crippen LogP contribution is 2.42. The number of hydrogen-bond donors (Lipinski definition) is 3. The van der Waals surface area contributed by atoms with Crippen LogP contribution in [0, 0.1) is 0 Å². The maximum atomic E-state index is 12.6. The lowest BCUT2D eigenvalue weighted by molar-refractivity contribution is -0.132. The summed E-state index contributed by atoms with van der Waals surface area (Å²) < 4.78 is 0. The van der Waals surface area contributed by atoms with Crippen LogP contribution in [0.4, 0.5) is 0 Å². The lowest BCUT2D eigenvalue weighted by Crippen LogP contribution is -2.41. The Kier molecular flexibility index (Phi) is 6.32. The molecule has 0 bridgehead atoms. The first kappa shape index (κ1) is 19.9. The summed E-state index contributed by atoms with van der Waals surface area (Å²) in [7, 11) is 0. The molecule has 1 aliphatic rings. The Morgan fingerprint density at radius 3 is 2.04 bits per heavy atom. The van der Waals surface area contributed by atoms with Crippen LogP contribution in [0.1, 0.15) is 53.9 Å². The fourth-order valence-electron chi connectivity index (χ4n) is 2.49. The highest BCUT2D eigenvalue weighted by molar-refractivity contribution is 6.06. The third-order valence-corrected chi connectivity index (χ3v) is 3.95. The molecule has 0 saturated heterocycles. The van der Waals surface area contributed by atoms with Crippen LogP contribution in [0.25, 0.3) is 0 Å². The van der Waals surface area contributed by atoms with E-state index in [1.54, 1.807) is 19.1 Å². The van der Waals surface area contributed by atoms with Crippen molar-refractivity contribution in [2.24, 2.45) is 0 Å². The van der Waals surface area contributed by atoms with Crippen molar-refractivity contribution in [1.29, 1.82) is 0 Å². The van der Waals surface area contributed by atoms with Crippen LogP contribution in [0.5, 0.6) is 0 Å². The third kappa shape index (κ3) is 3.67. The van der Waals surface area contributed by atoms with Gasteiger partial charge in [0.05, 0.1) is 0 Å². The average Bonchev–Trinajstić information content (AvgIpc) is 2.70. The number of allylic oxidation sites excluding steroid dienone is 5. The number of ketones is 2. The monoisotopic (exact) mass is 334 g/mol. The smallest absolute Gasteiger partial charge is 0.207 e. The molecule has 5 heteroatoms. The van der Waals surface area contributed by atoms with Crippen LogP contribution in [0.15, 0.2) is 46.0 Å². The largest absolute Gasteiger partial charge is 0.507 e. The van der Waals surface area contributed by atoms with E-state index in [0.717, 1.165) is 11.1 Å². The van der Waals surface area contributed by atoms with Crippen LogP contribution in [0.2, 0.25) is 0 Å². The summed E-state index contributed by atoms with van der Waals surface area (Å²) in [6.07, 6.45) is 3.34. The van der Waals surface area contributed by atoms with Crippen LogP contribution in [-0.4, -0.2) is 32.5 Å². The molecule has 1 rings (SSSR count). The Bertz CT molecular complexity index is 668. The van der Waals surface area contributed by atoms with Gasteiger partial charge in [0.15, 0.2) is 17.3 Å². The number of aliphatic hydroxyl groups is 3. The second-order valence-corrected chi connectivity index (χ2v) is 6.43. The Balaban J connectivity index is 3.47. The summed E-state index contributed by atoms with van der Waals surface area (Å²) in [6, 6.07) is 0. The molecule has 0 aromatic heterocycles. The molecule has 24 heavy (non-hydrogen) atoms. The minimum atomic E-state index is -2.36. The molecule has 3 N–H and O–H groups in total. The van der Waals surface area contributed by atoms with Crippen molar-refractivity contribution >= 4 is 11.6 Å². The predicted molar refractivity (Wildman–Crippen MR) is 92.7 cm³/mol. The first-order valence-corrected chi connectivity index (χ1v) is 7.99. The number of Topliss-reactive ketones (excluding diaryl/α,β-unsaturated/α-hetero) is 2. The zero-order valence-electron chi connectivity index (χ0n) is 14.9. The minimum Gasteiger partial charge on any atom is -0.507 e. The Morgan fingerprint density at radius 1 is 1.04 bits per heavy atom. The molecule has 0 radical (unpaired) electrons. The number of carbonyl (C=O) groups excluding carboxylic acids is 2. The first-order valence-electron chi connectivity index (χ1n) is 7.99. The van der Waals surface area contributed by atoms with E-state index in [9.17, 15) is 24.9 Å². The van der Waals surface area contributed by atoms with Crippen LogP contribution < -0.4 is 0 Å². The van der Waals surface area contributed by atoms with Gasteiger partial charge in [-0.3, -0.25) is 9.59 Å². The summed E-state index contributed by atoms with van der Waals surface area (Å²) in [6.45, 7) is 8.87. The van der Waals surface area contributed by atoms with E-state index in [1.165, 1.54) is 0 Å². The maximum absolute atomic E-state index is 12.6. The molecule has 0 aliphatic heterocycles. The highest BCUT2D eigenvalue weighted by Gasteiger charge is 2.52. The fraction of sp³-hybridized carbons (Fsp3) is 0.474. The van der Waals surface area contributed by atoms with E-state index >= 15 is 0 Å².